The quantitative estimate of drug-likeness (QED) is 0.230. The highest BCUT2D eigenvalue weighted by Gasteiger charge is 2.49. The van der Waals surface area contributed by atoms with Crippen molar-refractivity contribution in [2.24, 2.45) is 5.92 Å². The lowest BCUT2D eigenvalue weighted by Crippen LogP contribution is -2.36. The van der Waals surface area contributed by atoms with Gasteiger partial charge in [0.25, 0.3) is 0 Å². The predicted molar refractivity (Wildman–Crippen MR) is 173 cm³/mol. The minimum Gasteiger partial charge on any atom is -0.497 e. The van der Waals surface area contributed by atoms with Gasteiger partial charge in [-0.15, -0.1) is 0 Å². The van der Waals surface area contributed by atoms with Crippen LogP contribution in [0.15, 0.2) is 91.0 Å². The van der Waals surface area contributed by atoms with Crippen LogP contribution in [0.25, 0.3) is 28.0 Å². The van der Waals surface area contributed by atoms with E-state index in [0.717, 1.165) is 78.1 Å². The maximum atomic E-state index is 12.7. The van der Waals surface area contributed by atoms with Crippen molar-refractivity contribution in [3.8, 4) is 28.4 Å². The van der Waals surface area contributed by atoms with Gasteiger partial charge in [-0.25, -0.2) is 0 Å². The summed E-state index contributed by atoms with van der Waals surface area (Å²) in [5, 5.41) is 14.8. The average Bonchev–Trinajstić information content (AvgIpc) is 3.30. The maximum Gasteiger partial charge on any atom is 0.178 e. The minimum absolute atomic E-state index is 0.0652. The molecule has 2 aliphatic rings. The molecule has 5 aromatic rings. The molecule has 1 aliphatic carbocycles. The smallest absolute Gasteiger partial charge is 0.178 e. The van der Waals surface area contributed by atoms with Crippen molar-refractivity contribution >= 4 is 16.8 Å². The molecular formula is C39H36O4. The highest BCUT2D eigenvalue weighted by molar-refractivity contribution is 6.08. The summed E-state index contributed by atoms with van der Waals surface area (Å²) in [6, 6.07) is 29.1. The van der Waals surface area contributed by atoms with Crippen LogP contribution < -0.4 is 14.2 Å². The third-order valence-electron chi connectivity index (χ3n) is 9.31. The Balaban J connectivity index is 1.56. The van der Waals surface area contributed by atoms with E-state index in [1.54, 1.807) is 14.2 Å². The van der Waals surface area contributed by atoms with Gasteiger partial charge in [0.2, 0.25) is 0 Å². The Morgan fingerprint density at radius 3 is 1.88 bits per heavy atom. The van der Waals surface area contributed by atoms with Crippen molar-refractivity contribution in [3.63, 3.8) is 0 Å². The molecule has 0 saturated carbocycles. The summed E-state index contributed by atoms with van der Waals surface area (Å²) in [5.41, 5.74) is 7.11. The first-order valence-electron chi connectivity index (χ1n) is 14.8. The van der Waals surface area contributed by atoms with E-state index >= 15 is 0 Å². The van der Waals surface area contributed by atoms with Crippen LogP contribution in [0.1, 0.15) is 52.8 Å². The maximum absolute atomic E-state index is 12.7. The third-order valence-corrected chi connectivity index (χ3v) is 9.31. The molecule has 4 heteroatoms. The highest BCUT2D eigenvalue weighted by atomic mass is 16.5. The fourth-order valence-corrected chi connectivity index (χ4v) is 7.01. The molecule has 0 saturated heterocycles. The first-order chi connectivity index (χ1) is 20.7. The molecule has 1 aliphatic heterocycles. The molecule has 5 aromatic carbocycles. The van der Waals surface area contributed by atoms with Gasteiger partial charge in [0.15, 0.2) is 5.60 Å². The van der Waals surface area contributed by atoms with Crippen LogP contribution in [-0.2, 0) is 11.2 Å². The highest BCUT2D eigenvalue weighted by Crippen LogP contribution is 2.59. The molecule has 1 heterocycles. The van der Waals surface area contributed by atoms with E-state index in [4.69, 9.17) is 14.2 Å². The largest absolute Gasteiger partial charge is 0.497 e. The Bertz CT molecular complexity index is 1870. The van der Waals surface area contributed by atoms with E-state index in [0.29, 0.717) is 0 Å². The van der Waals surface area contributed by atoms with E-state index in [2.05, 4.69) is 101 Å². The molecule has 0 bridgehead atoms. The van der Waals surface area contributed by atoms with Gasteiger partial charge in [0.1, 0.15) is 22.8 Å². The van der Waals surface area contributed by atoms with E-state index in [1.807, 2.05) is 24.3 Å². The Morgan fingerprint density at radius 1 is 0.721 bits per heavy atom. The number of rotatable bonds is 5. The monoisotopic (exact) mass is 568 g/mol. The summed E-state index contributed by atoms with van der Waals surface area (Å²) in [6.45, 7) is 8.39. The number of ether oxygens (including phenoxy) is 3. The lowest BCUT2D eigenvalue weighted by Gasteiger charge is -2.39. The third kappa shape index (κ3) is 3.86. The zero-order chi connectivity index (χ0) is 30.1. The number of hydrogen-bond donors (Lipinski definition) is 1. The summed E-state index contributed by atoms with van der Waals surface area (Å²) in [7, 11) is 3.35. The van der Waals surface area contributed by atoms with Gasteiger partial charge in [0, 0.05) is 27.6 Å². The van der Waals surface area contributed by atoms with E-state index in [1.165, 1.54) is 0 Å². The van der Waals surface area contributed by atoms with Gasteiger partial charge in [0.05, 0.1) is 14.2 Å². The number of hydrogen-bond acceptors (Lipinski definition) is 4. The van der Waals surface area contributed by atoms with E-state index in [9.17, 15) is 5.11 Å². The zero-order valence-electron chi connectivity index (χ0n) is 25.5. The number of aryl methyl sites for hydroxylation is 2. The van der Waals surface area contributed by atoms with Crippen molar-refractivity contribution in [2.75, 3.05) is 14.2 Å². The topological polar surface area (TPSA) is 47.9 Å². The van der Waals surface area contributed by atoms with Gasteiger partial charge in [-0.05, 0) is 78.2 Å². The molecule has 1 N–H and O–H groups in total. The van der Waals surface area contributed by atoms with Gasteiger partial charge < -0.3 is 19.3 Å². The first-order valence-corrected chi connectivity index (χ1v) is 14.8. The van der Waals surface area contributed by atoms with Crippen LogP contribution >= 0.6 is 0 Å². The Kier molecular flexibility index (Phi) is 6.19. The van der Waals surface area contributed by atoms with Crippen molar-refractivity contribution < 1.29 is 19.3 Å². The lowest BCUT2D eigenvalue weighted by molar-refractivity contribution is 0.0355. The zero-order valence-corrected chi connectivity index (χ0v) is 25.5. The van der Waals surface area contributed by atoms with Crippen LogP contribution in [0.2, 0.25) is 0 Å². The lowest BCUT2D eigenvalue weighted by atomic mass is 9.76. The van der Waals surface area contributed by atoms with Crippen molar-refractivity contribution in [3.05, 3.63) is 130 Å². The fraction of sp³-hybridized carbons (Fsp3) is 0.231. The average molecular weight is 569 g/mol. The predicted octanol–water partition coefficient (Wildman–Crippen LogP) is 8.70. The van der Waals surface area contributed by atoms with Crippen LogP contribution in [0, 0.1) is 19.8 Å². The number of aliphatic hydroxyl groups is 1. The normalized spacial score (nSPS) is 17.8. The number of benzene rings is 5. The molecule has 0 fully saturated rings. The van der Waals surface area contributed by atoms with Crippen LogP contribution in [-0.4, -0.2) is 19.3 Å². The molecule has 4 nitrogen and oxygen atoms in total. The summed E-state index contributed by atoms with van der Waals surface area (Å²) in [4.78, 5) is 0. The second-order valence-electron chi connectivity index (χ2n) is 12.1. The first kappa shape index (κ1) is 27.3. The van der Waals surface area contributed by atoms with Crippen molar-refractivity contribution in [1.29, 1.82) is 0 Å². The van der Waals surface area contributed by atoms with Gasteiger partial charge in [-0.3, -0.25) is 0 Å². The van der Waals surface area contributed by atoms with Crippen LogP contribution in [0.5, 0.6) is 17.2 Å². The second-order valence-corrected chi connectivity index (χ2v) is 12.1. The molecular weight excluding hydrogens is 532 g/mol. The fourth-order valence-electron chi connectivity index (χ4n) is 7.01. The SMILES string of the molecule is COc1ccc(C2(c3ccc(OC)cc3)C=Cc3c4c(c5ccc(C)cc5c3O2)-c2ccc(C)cc2C4(O)C(C)C)cc1. The number of fused-ring (bicyclic) bond motifs is 8. The Labute approximate surface area is 253 Å². The Hall–Kier alpha value is -4.54. The molecule has 1 unspecified atom stereocenters. The molecule has 0 spiro atoms. The second kappa shape index (κ2) is 9.75. The summed E-state index contributed by atoms with van der Waals surface area (Å²) < 4.78 is 18.3. The van der Waals surface area contributed by atoms with Gasteiger partial charge >= 0.3 is 0 Å². The molecule has 0 radical (unpaired) electrons. The van der Waals surface area contributed by atoms with Crippen LogP contribution in [0.4, 0.5) is 0 Å². The molecule has 216 valence electrons. The van der Waals surface area contributed by atoms with E-state index in [-0.39, 0.29) is 5.92 Å². The number of methoxy groups -OCH3 is 2. The molecule has 0 amide bonds. The van der Waals surface area contributed by atoms with Gasteiger partial charge in [-0.1, -0.05) is 85.6 Å². The minimum atomic E-state index is -1.17. The van der Waals surface area contributed by atoms with Gasteiger partial charge in [-0.2, -0.15) is 0 Å². The van der Waals surface area contributed by atoms with Crippen LogP contribution in [0.3, 0.4) is 0 Å². The van der Waals surface area contributed by atoms with Crippen molar-refractivity contribution in [2.45, 2.75) is 38.9 Å². The Morgan fingerprint density at radius 2 is 1.30 bits per heavy atom. The molecule has 43 heavy (non-hydrogen) atoms. The van der Waals surface area contributed by atoms with Crippen molar-refractivity contribution in [1.82, 2.24) is 0 Å². The molecule has 7 rings (SSSR count). The summed E-state index contributed by atoms with van der Waals surface area (Å²) in [6.07, 6.45) is 4.30. The summed E-state index contributed by atoms with van der Waals surface area (Å²) >= 11 is 0. The summed E-state index contributed by atoms with van der Waals surface area (Å²) in [5.74, 6) is 2.27. The van der Waals surface area contributed by atoms with E-state index < -0.39 is 11.2 Å². The molecule has 1 atom stereocenters. The molecule has 0 aromatic heterocycles. The standard InChI is InChI=1S/C39H36O4/c1-23(2)39(40)34-22-25(4)8-18-31(34)35-30-17-7-24(3)21-33(30)37-32(36(35)39)19-20-38(43-37,26-9-13-28(41-5)14-10-26)27-11-15-29(42-6)16-12-27/h7-23,40H,1-6H3.